The number of nitrogens with one attached hydrogen (secondary N) is 1. The first kappa shape index (κ1) is 30.7. The van der Waals surface area contributed by atoms with Gasteiger partial charge in [0.2, 0.25) is 0 Å². The third-order valence-corrected chi connectivity index (χ3v) is 11.5. The molecule has 246 valence electrons. The molecule has 3 aromatic rings. The average molecular weight is 661 g/mol. The zero-order valence-electron chi connectivity index (χ0n) is 26.6. The molecular weight excluding hydrogens is 622 g/mol. The Balaban J connectivity index is 1.32. The van der Waals surface area contributed by atoms with Gasteiger partial charge in [0.05, 0.1) is 18.7 Å². The Morgan fingerprint density at radius 1 is 1.15 bits per heavy atom. The molecule has 1 aromatic heterocycles. The standard InChI is InChI=1S/C35H38F2N6O3S/c1-4-25-27(36)10-7-21-13-24(44)14-26(28(21)25)31-29(37)30-32(47(45)43(31)15-20-5-6-20)33(42-16-22-8-9-23(17-42)38-22)40-34(39-30)46-19-35(11-12-35)18-41(2)3/h1,7,10,13-14,20,22-23,38,44H,5-6,8-9,11-12,15-19H2,2-3H3. The molecule has 4 heterocycles. The highest BCUT2D eigenvalue weighted by atomic mass is 32.2. The van der Waals surface area contributed by atoms with Crippen LogP contribution in [0.15, 0.2) is 29.2 Å². The van der Waals surface area contributed by atoms with Crippen LogP contribution in [-0.4, -0.2) is 87.8 Å². The number of aromatic nitrogens is 2. The van der Waals surface area contributed by atoms with Gasteiger partial charge in [0.25, 0.3) is 4.90 Å². The molecule has 0 radical (unpaired) electrons. The number of rotatable bonds is 9. The van der Waals surface area contributed by atoms with E-state index in [-0.39, 0.29) is 68.0 Å². The number of anilines is 1. The maximum absolute atomic E-state index is 17.5. The van der Waals surface area contributed by atoms with E-state index in [1.54, 1.807) is 0 Å². The number of phenolic OH excluding ortho intramolecular Hbond substituents is 1. The van der Waals surface area contributed by atoms with Gasteiger partial charge in [0.1, 0.15) is 28.6 Å². The molecule has 9 nitrogen and oxygen atoms in total. The minimum absolute atomic E-state index is 0.0172. The summed E-state index contributed by atoms with van der Waals surface area (Å²) in [5, 5.41) is 15.1. The Morgan fingerprint density at radius 3 is 2.55 bits per heavy atom. The molecule has 4 fully saturated rings. The highest BCUT2D eigenvalue weighted by Crippen LogP contribution is 2.50. The Bertz CT molecular complexity index is 1830. The highest BCUT2D eigenvalue weighted by molar-refractivity contribution is 7.89. The van der Waals surface area contributed by atoms with E-state index < -0.39 is 23.0 Å². The van der Waals surface area contributed by atoms with E-state index in [1.807, 2.05) is 14.1 Å². The Labute approximate surface area is 276 Å². The van der Waals surface area contributed by atoms with Crippen molar-refractivity contribution in [1.82, 2.24) is 24.5 Å². The maximum Gasteiger partial charge on any atom is 0.319 e. The topological polar surface area (TPSA) is 100 Å². The summed E-state index contributed by atoms with van der Waals surface area (Å²) in [6, 6.07) is 6.10. The first-order valence-electron chi connectivity index (χ1n) is 16.4. The normalized spacial score (nSPS) is 24.6. The van der Waals surface area contributed by atoms with Crippen molar-refractivity contribution in [2.24, 2.45) is 11.3 Å². The predicted molar refractivity (Wildman–Crippen MR) is 177 cm³/mol. The Kier molecular flexibility index (Phi) is 7.52. The number of aromatic hydroxyl groups is 1. The van der Waals surface area contributed by atoms with Crippen LogP contribution in [0.2, 0.25) is 0 Å². The number of piperazine rings is 1. The molecule has 2 aliphatic carbocycles. The first-order valence-corrected chi connectivity index (χ1v) is 17.5. The van der Waals surface area contributed by atoms with E-state index in [9.17, 15) is 9.66 Å². The molecule has 3 atom stereocenters. The Morgan fingerprint density at radius 2 is 1.89 bits per heavy atom. The van der Waals surface area contributed by atoms with Gasteiger partial charge >= 0.3 is 6.01 Å². The molecule has 5 aliphatic rings. The third kappa shape index (κ3) is 5.57. The smallest absolute Gasteiger partial charge is 0.319 e. The van der Waals surface area contributed by atoms with Crippen molar-refractivity contribution in [3.8, 4) is 24.1 Å². The molecule has 2 aromatic carbocycles. The van der Waals surface area contributed by atoms with Crippen LogP contribution < -0.4 is 15.0 Å². The number of fused-ring (bicyclic) bond motifs is 4. The molecule has 0 amide bonds. The second kappa shape index (κ2) is 11.5. The average Bonchev–Trinajstić information content (AvgIpc) is 3.98. The number of ether oxygens (including phenoxy) is 1. The number of phenols is 1. The van der Waals surface area contributed by atoms with E-state index in [0.29, 0.717) is 37.4 Å². The van der Waals surface area contributed by atoms with Gasteiger partial charge in [0.15, 0.2) is 17.3 Å². The second-order valence-electron chi connectivity index (χ2n) is 14.2. The predicted octanol–water partition coefficient (Wildman–Crippen LogP) is 4.66. The van der Waals surface area contributed by atoms with Gasteiger partial charge in [0, 0.05) is 48.1 Å². The molecule has 12 heteroatoms. The van der Waals surface area contributed by atoms with Crippen LogP contribution in [0.1, 0.15) is 55.3 Å². The summed E-state index contributed by atoms with van der Waals surface area (Å²) < 4.78 is 55.2. The third-order valence-electron chi connectivity index (χ3n) is 10.1. The molecule has 8 rings (SSSR count). The first-order chi connectivity index (χ1) is 22.6. The second-order valence-corrected chi connectivity index (χ2v) is 15.5. The van der Waals surface area contributed by atoms with Crippen LogP contribution in [0.25, 0.3) is 22.3 Å². The number of benzene rings is 2. The van der Waals surface area contributed by atoms with Crippen molar-refractivity contribution in [3.63, 3.8) is 0 Å². The van der Waals surface area contributed by atoms with Crippen LogP contribution in [-0.2, 0) is 11.4 Å². The van der Waals surface area contributed by atoms with E-state index in [0.717, 1.165) is 45.1 Å². The molecule has 2 N–H and O–H groups in total. The summed E-state index contributed by atoms with van der Waals surface area (Å²) in [4.78, 5) is 13.9. The van der Waals surface area contributed by atoms with Crippen molar-refractivity contribution >= 4 is 39.5 Å². The van der Waals surface area contributed by atoms with Crippen molar-refractivity contribution < 1.29 is 23.2 Å². The SMILES string of the molecule is C#Cc1c(F)ccc2cc(O)cc(C3=C(F)c4nc(OCC5(CN(C)C)CC5)nc(N5CC6CCC(C5)N6)c4[S+]([O-])N3CC3CC3)c12. The fourth-order valence-electron chi connectivity index (χ4n) is 7.50. The Hall–Kier alpha value is -3.63. The molecule has 3 unspecified atom stereocenters. The van der Waals surface area contributed by atoms with E-state index in [1.165, 1.54) is 28.6 Å². The summed E-state index contributed by atoms with van der Waals surface area (Å²) >= 11 is -1.93. The zero-order chi connectivity index (χ0) is 32.6. The van der Waals surface area contributed by atoms with E-state index in [4.69, 9.17) is 16.1 Å². The molecular formula is C35H38F2N6O3S. The van der Waals surface area contributed by atoms with Gasteiger partial charge in [-0.1, -0.05) is 12.0 Å². The van der Waals surface area contributed by atoms with Crippen LogP contribution in [0.4, 0.5) is 14.6 Å². The lowest BCUT2D eigenvalue weighted by atomic mass is 9.95. The van der Waals surface area contributed by atoms with Crippen molar-refractivity contribution in [3.05, 3.63) is 46.9 Å². The molecule has 2 saturated carbocycles. The lowest BCUT2D eigenvalue weighted by Crippen LogP contribution is -2.52. The minimum Gasteiger partial charge on any atom is -0.588 e. The molecule has 3 aliphatic heterocycles. The summed E-state index contributed by atoms with van der Waals surface area (Å²) in [6.07, 6.45) is 11.7. The zero-order valence-corrected chi connectivity index (χ0v) is 27.4. The molecule has 2 saturated heterocycles. The van der Waals surface area contributed by atoms with E-state index in [2.05, 4.69) is 26.0 Å². The van der Waals surface area contributed by atoms with Crippen LogP contribution >= 0.6 is 0 Å². The number of terminal acetylenes is 1. The van der Waals surface area contributed by atoms with Crippen molar-refractivity contribution in [2.45, 2.75) is 55.5 Å². The fraction of sp³-hybridized carbons (Fsp3) is 0.486. The monoisotopic (exact) mass is 660 g/mol. The van der Waals surface area contributed by atoms with Gasteiger partial charge in [-0.25, -0.2) is 8.78 Å². The van der Waals surface area contributed by atoms with Gasteiger partial charge in [-0.3, -0.25) is 0 Å². The molecule has 0 spiro atoms. The summed E-state index contributed by atoms with van der Waals surface area (Å²) in [7, 11) is 4.05. The van der Waals surface area contributed by atoms with Gasteiger partial charge in [-0.15, -0.1) is 6.42 Å². The summed E-state index contributed by atoms with van der Waals surface area (Å²) in [5.41, 5.74) is -0.0521. The quantitative estimate of drug-likeness (QED) is 0.251. The van der Waals surface area contributed by atoms with Crippen molar-refractivity contribution in [1.29, 1.82) is 0 Å². The van der Waals surface area contributed by atoms with E-state index >= 15 is 8.78 Å². The van der Waals surface area contributed by atoms with Crippen LogP contribution in [0.3, 0.4) is 0 Å². The maximum atomic E-state index is 17.5. The summed E-state index contributed by atoms with van der Waals surface area (Å²) in [5.74, 6) is 1.53. The molecule has 47 heavy (non-hydrogen) atoms. The molecule has 2 bridgehead atoms. The minimum atomic E-state index is -1.93. The van der Waals surface area contributed by atoms with Crippen LogP contribution in [0, 0.1) is 29.5 Å². The lowest BCUT2D eigenvalue weighted by Gasteiger charge is -2.37. The van der Waals surface area contributed by atoms with Crippen molar-refractivity contribution in [2.75, 3.05) is 51.8 Å². The van der Waals surface area contributed by atoms with Gasteiger partial charge < -0.3 is 29.5 Å². The van der Waals surface area contributed by atoms with Gasteiger partial charge in [-0.05, 0) is 82.1 Å². The lowest BCUT2D eigenvalue weighted by molar-refractivity contribution is 0.182. The number of hydrogen-bond acceptors (Lipinski definition) is 9. The number of halogens is 2. The highest BCUT2D eigenvalue weighted by Gasteiger charge is 2.48. The van der Waals surface area contributed by atoms with Gasteiger partial charge in [-0.2, -0.15) is 14.3 Å². The van der Waals surface area contributed by atoms with Crippen LogP contribution in [0.5, 0.6) is 11.8 Å². The number of hydrogen-bond donors (Lipinski definition) is 2. The fourth-order valence-corrected chi connectivity index (χ4v) is 9.05. The largest absolute Gasteiger partial charge is 0.588 e. The number of nitrogens with zero attached hydrogens (tertiary/aromatic N) is 5. The summed E-state index contributed by atoms with van der Waals surface area (Å²) in [6.45, 7) is 2.83.